The molecule has 1 atom stereocenters. The summed E-state index contributed by atoms with van der Waals surface area (Å²) in [6.07, 6.45) is 1.17. The average Bonchev–Trinajstić information content (AvgIpc) is 3.06. The molecule has 0 amide bonds. The van der Waals surface area contributed by atoms with Crippen molar-refractivity contribution in [3.8, 4) is 11.4 Å². The minimum absolute atomic E-state index is 0.602. The molecule has 0 fully saturated rings. The number of nitrogens with zero attached hydrogens (tertiary/aromatic N) is 2. The Kier molecular flexibility index (Phi) is 5.13. The van der Waals surface area contributed by atoms with Crippen molar-refractivity contribution in [3.05, 3.63) is 88.4 Å². The number of imidazole rings is 1. The van der Waals surface area contributed by atoms with Crippen LogP contribution in [-0.2, 0) is 6.54 Å². The Bertz CT molecular complexity index is 1060. The largest absolute Gasteiger partial charge is 0.319 e. The molecule has 4 rings (SSSR count). The maximum atomic E-state index is 4.92. The Hall–Kier alpha value is -2.39. The van der Waals surface area contributed by atoms with Crippen LogP contribution >= 0.6 is 15.9 Å². The summed E-state index contributed by atoms with van der Waals surface area (Å²) < 4.78 is 3.38. The van der Waals surface area contributed by atoms with Gasteiger partial charge >= 0.3 is 0 Å². The van der Waals surface area contributed by atoms with E-state index in [2.05, 4.69) is 95.0 Å². The minimum atomic E-state index is 0.602. The molecule has 27 heavy (non-hydrogen) atoms. The van der Waals surface area contributed by atoms with Crippen molar-refractivity contribution in [2.45, 2.75) is 32.7 Å². The summed E-state index contributed by atoms with van der Waals surface area (Å²) in [7, 11) is 0. The molecule has 0 aliphatic heterocycles. The summed E-state index contributed by atoms with van der Waals surface area (Å²) >= 11 is 3.59. The number of para-hydroxylation sites is 2. The first-order valence-electron chi connectivity index (χ1n) is 9.45. The number of benzene rings is 3. The van der Waals surface area contributed by atoms with Crippen molar-refractivity contribution in [1.82, 2.24) is 9.55 Å². The van der Waals surface area contributed by atoms with E-state index in [1.165, 1.54) is 23.1 Å². The summed E-state index contributed by atoms with van der Waals surface area (Å²) in [4.78, 5) is 4.92. The average molecular weight is 419 g/mol. The molecule has 1 aromatic heterocycles. The monoisotopic (exact) mass is 418 g/mol. The van der Waals surface area contributed by atoms with Gasteiger partial charge in [0.1, 0.15) is 5.82 Å². The van der Waals surface area contributed by atoms with Crippen LogP contribution in [0.25, 0.3) is 22.4 Å². The Morgan fingerprint density at radius 1 is 0.963 bits per heavy atom. The second kappa shape index (κ2) is 7.69. The van der Waals surface area contributed by atoms with E-state index in [0.29, 0.717) is 5.92 Å². The molecule has 2 nitrogen and oxygen atoms in total. The summed E-state index contributed by atoms with van der Waals surface area (Å²) in [6.45, 7) is 5.33. The zero-order valence-electron chi connectivity index (χ0n) is 15.7. The van der Waals surface area contributed by atoms with Crippen molar-refractivity contribution >= 4 is 27.0 Å². The highest BCUT2D eigenvalue weighted by molar-refractivity contribution is 9.10. The molecular formula is C24H23BrN2. The third kappa shape index (κ3) is 3.70. The molecule has 3 heteroatoms. The Morgan fingerprint density at radius 3 is 2.48 bits per heavy atom. The Labute approximate surface area is 169 Å². The van der Waals surface area contributed by atoms with E-state index in [9.17, 15) is 0 Å². The molecule has 0 N–H and O–H groups in total. The Balaban J connectivity index is 1.77. The van der Waals surface area contributed by atoms with E-state index >= 15 is 0 Å². The van der Waals surface area contributed by atoms with Gasteiger partial charge in [-0.05, 0) is 47.7 Å². The lowest BCUT2D eigenvalue weighted by Crippen LogP contribution is -2.03. The highest BCUT2D eigenvalue weighted by Crippen LogP contribution is 2.28. The fourth-order valence-corrected chi connectivity index (χ4v) is 3.85. The van der Waals surface area contributed by atoms with Crippen LogP contribution in [0.1, 0.15) is 37.3 Å². The number of aromatic nitrogens is 2. The van der Waals surface area contributed by atoms with Gasteiger partial charge < -0.3 is 4.57 Å². The number of halogens is 1. The van der Waals surface area contributed by atoms with Gasteiger partial charge in [-0.15, -0.1) is 0 Å². The van der Waals surface area contributed by atoms with E-state index < -0.39 is 0 Å². The lowest BCUT2D eigenvalue weighted by atomic mass is 9.97. The van der Waals surface area contributed by atoms with Crippen LogP contribution in [-0.4, -0.2) is 9.55 Å². The normalized spacial score (nSPS) is 12.4. The van der Waals surface area contributed by atoms with Gasteiger partial charge in [0.2, 0.25) is 0 Å². The van der Waals surface area contributed by atoms with Gasteiger partial charge in [0.15, 0.2) is 0 Å². The van der Waals surface area contributed by atoms with E-state index in [1.807, 2.05) is 12.1 Å². The third-order valence-corrected chi connectivity index (χ3v) is 5.73. The molecule has 1 unspecified atom stereocenters. The van der Waals surface area contributed by atoms with Crippen molar-refractivity contribution in [3.63, 3.8) is 0 Å². The van der Waals surface area contributed by atoms with Crippen LogP contribution < -0.4 is 0 Å². The quantitative estimate of drug-likeness (QED) is 0.340. The van der Waals surface area contributed by atoms with Crippen LogP contribution in [0.15, 0.2) is 77.3 Å². The van der Waals surface area contributed by atoms with Gasteiger partial charge in [0.25, 0.3) is 0 Å². The molecule has 0 saturated heterocycles. The standard InChI is InChI=1S/C24H23BrN2/c1-3-17(2)19-13-11-18(12-14-19)16-27-23-10-5-4-9-22(23)26-24(27)20-7-6-8-21(25)15-20/h4-15,17H,3,16H2,1-2H3. The van der Waals surface area contributed by atoms with Gasteiger partial charge in [0, 0.05) is 16.6 Å². The van der Waals surface area contributed by atoms with Crippen molar-refractivity contribution < 1.29 is 0 Å². The molecule has 0 radical (unpaired) electrons. The van der Waals surface area contributed by atoms with E-state index in [1.54, 1.807) is 0 Å². The topological polar surface area (TPSA) is 17.8 Å². The van der Waals surface area contributed by atoms with Crippen LogP contribution in [0.5, 0.6) is 0 Å². The molecule has 0 aliphatic rings. The molecule has 0 spiro atoms. The van der Waals surface area contributed by atoms with Gasteiger partial charge in [0.05, 0.1) is 11.0 Å². The molecule has 3 aromatic carbocycles. The summed E-state index contributed by atoms with van der Waals surface area (Å²) in [6, 6.07) is 25.7. The van der Waals surface area contributed by atoms with Crippen LogP contribution in [0.3, 0.4) is 0 Å². The van der Waals surface area contributed by atoms with Crippen molar-refractivity contribution in [2.75, 3.05) is 0 Å². The second-order valence-electron chi connectivity index (χ2n) is 7.07. The first kappa shape index (κ1) is 18.0. The number of hydrogen-bond acceptors (Lipinski definition) is 1. The summed E-state index contributed by atoms with van der Waals surface area (Å²) in [5.41, 5.74) is 6.02. The first-order valence-corrected chi connectivity index (χ1v) is 10.2. The predicted molar refractivity (Wildman–Crippen MR) is 117 cm³/mol. The summed E-state index contributed by atoms with van der Waals surface area (Å²) in [5, 5.41) is 0. The highest BCUT2D eigenvalue weighted by Gasteiger charge is 2.13. The molecule has 0 bridgehead atoms. The van der Waals surface area contributed by atoms with Gasteiger partial charge in [-0.1, -0.05) is 78.3 Å². The molecule has 4 aromatic rings. The molecule has 1 heterocycles. The highest BCUT2D eigenvalue weighted by atomic mass is 79.9. The SMILES string of the molecule is CCC(C)c1ccc(Cn2c(-c3cccc(Br)c3)nc3ccccc32)cc1. The molecule has 136 valence electrons. The fraction of sp³-hybridized carbons (Fsp3) is 0.208. The summed E-state index contributed by atoms with van der Waals surface area (Å²) in [5.74, 6) is 1.61. The minimum Gasteiger partial charge on any atom is -0.319 e. The zero-order valence-corrected chi connectivity index (χ0v) is 17.3. The second-order valence-corrected chi connectivity index (χ2v) is 7.99. The predicted octanol–water partition coefficient (Wildman–Crippen LogP) is 7.03. The molecular weight excluding hydrogens is 396 g/mol. The third-order valence-electron chi connectivity index (χ3n) is 5.24. The van der Waals surface area contributed by atoms with Crippen molar-refractivity contribution in [2.24, 2.45) is 0 Å². The fourth-order valence-electron chi connectivity index (χ4n) is 3.45. The van der Waals surface area contributed by atoms with Gasteiger partial charge in [-0.25, -0.2) is 4.98 Å². The zero-order chi connectivity index (χ0) is 18.8. The first-order chi connectivity index (χ1) is 13.2. The molecule has 0 saturated carbocycles. The smallest absolute Gasteiger partial charge is 0.141 e. The maximum absolute atomic E-state index is 4.92. The number of rotatable bonds is 5. The van der Waals surface area contributed by atoms with Crippen molar-refractivity contribution in [1.29, 1.82) is 0 Å². The van der Waals surface area contributed by atoms with E-state index in [4.69, 9.17) is 4.98 Å². The molecule has 0 aliphatic carbocycles. The maximum Gasteiger partial charge on any atom is 0.141 e. The van der Waals surface area contributed by atoms with E-state index in [-0.39, 0.29) is 0 Å². The van der Waals surface area contributed by atoms with Gasteiger partial charge in [-0.3, -0.25) is 0 Å². The van der Waals surface area contributed by atoms with E-state index in [0.717, 1.165) is 27.9 Å². The van der Waals surface area contributed by atoms with Crippen LogP contribution in [0, 0.1) is 0 Å². The van der Waals surface area contributed by atoms with Crippen LogP contribution in [0.2, 0.25) is 0 Å². The lowest BCUT2D eigenvalue weighted by molar-refractivity contribution is 0.732. The lowest BCUT2D eigenvalue weighted by Gasteiger charge is -2.12. The van der Waals surface area contributed by atoms with Gasteiger partial charge in [-0.2, -0.15) is 0 Å². The Morgan fingerprint density at radius 2 is 1.74 bits per heavy atom. The number of fused-ring (bicyclic) bond motifs is 1. The number of hydrogen-bond donors (Lipinski definition) is 0. The van der Waals surface area contributed by atoms with Crippen LogP contribution in [0.4, 0.5) is 0 Å².